The monoisotopic (exact) mass is 248 g/mol. The van der Waals surface area contributed by atoms with Crippen LogP contribution in [0.1, 0.15) is 25.8 Å². The number of hydrogen-bond acceptors (Lipinski definition) is 3. The molecule has 0 unspecified atom stereocenters. The van der Waals surface area contributed by atoms with Gasteiger partial charge >= 0.3 is 0 Å². The summed E-state index contributed by atoms with van der Waals surface area (Å²) in [5.41, 5.74) is 1.08. The van der Waals surface area contributed by atoms with Crippen molar-refractivity contribution in [3.63, 3.8) is 0 Å². The van der Waals surface area contributed by atoms with Crippen molar-refractivity contribution in [1.29, 1.82) is 0 Å². The molecule has 0 saturated carbocycles. The number of hydrazone groups is 1. The molecule has 1 aromatic rings. The first kappa shape index (κ1) is 12.2. The lowest BCUT2D eigenvalue weighted by atomic mass is 10.1. The van der Waals surface area contributed by atoms with E-state index in [0.717, 1.165) is 10.6 Å². The maximum absolute atomic E-state index is 11.8. The molecular weight excluding hydrogens is 232 g/mol. The van der Waals surface area contributed by atoms with Gasteiger partial charge in [0.15, 0.2) is 0 Å². The molecule has 4 heteroatoms. The molecule has 0 bridgehead atoms. The van der Waals surface area contributed by atoms with E-state index in [9.17, 15) is 4.79 Å². The van der Waals surface area contributed by atoms with Gasteiger partial charge in [-0.2, -0.15) is 5.10 Å². The van der Waals surface area contributed by atoms with Crippen LogP contribution in [0.15, 0.2) is 35.4 Å². The quantitative estimate of drug-likeness (QED) is 0.824. The zero-order valence-electron chi connectivity index (χ0n) is 10.1. The highest BCUT2D eigenvalue weighted by Gasteiger charge is 2.22. The Labute approximate surface area is 106 Å². The Morgan fingerprint density at radius 3 is 2.76 bits per heavy atom. The van der Waals surface area contributed by atoms with Crippen molar-refractivity contribution < 1.29 is 4.79 Å². The predicted octanol–water partition coefficient (Wildman–Crippen LogP) is 2.93. The van der Waals surface area contributed by atoms with Gasteiger partial charge in [0.05, 0.1) is 5.88 Å². The maximum Gasteiger partial charge on any atom is 0.243 e. The van der Waals surface area contributed by atoms with E-state index in [1.807, 2.05) is 44.2 Å². The molecule has 90 valence electrons. The molecule has 1 amide bonds. The third-order valence-corrected chi connectivity index (χ3v) is 3.39. The van der Waals surface area contributed by atoms with Gasteiger partial charge in [0.2, 0.25) is 5.91 Å². The van der Waals surface area contributed by atoms with Crippen molar-refractivity contribution in [2.24, 2.45) is 11.0 Å². The number of amides is 1. The normalized spacial score (nSPS) is 15.2. The molecule has 0 spiro atoms. The zero-order chi connectivity index (χ0) is 12.3. The highest BCUT2D eigenvalue weighted by molar-refractivity contribution is 8.14. The molecule has 0 aliphatic carbocycles. The molecule has 1 aliphatic heterocycles. The summed E-state index contributed by atoms with van der Waals surface area (Å²) in [6.07, 6.45) is 0.562. The van der Waals surface area contributed by atoms with E-state index in [1.165, 1.54) is 0 Å². The standard InChI is InChI=1S/C13H16N2OS/c1-10(2)8-12(16)15-9-17-13(14-15)11-6-4-3-5-7-11/h3-7,10H,8-9H2,1-2H3. The van der Waals surface area contributed by atoms with E-state index in [1.54, 1.807) is 16.8 Å². The fraction of sp³-hybridized carbons (Fsp3) is 0.385. The summed E-state index contributed by atoms with van der Waals surface area (Å²) >= 11 is 1.61. The van der Waals surface area contributed by atoms with Crippen LogP contribution < -0.4 is 0 Å². The van der Waals surface area contributed by atoms with Crippen molar-refractivity contribution in [3.8, 4) is 0 Å². The molecule has 1 aromatic carbocycles. The fourth-order valence-electron chi connectivity index (χ4n) is 1.59. The summed E-state index contributed by atoms with van der Waals surface area (Å²) < 4.78 is 0. The van der Waals surface area contributed by atoms with Crippen molar-refractivity contribution in [1.82, 2.24) is 5.01 Å². The van der Waals surface area contributed by atoms with Crippen molar-refractivity contribution in [2.45, 2.75) is 20.3 Å². The number of carbonyl (C=O) groups is 1. The summed E-state index contributed by atoms with van der Waals surface area (Å²) in [6.45, 7) is 4.09. The topological polar surface area (TPSA) is 32.7 Å². The molecule has 0 radical (unpaired) electrons. The molecule has 2 rings (SSSR count). The van der Waals surface area contributed by atoms with Crippen molar-refractivity contribution >= 4 is 22.7 Å². The second kappa shape index (κ2) is 5.36. The minimum absolute atomic E-state index is 0.110. The van der Waals surface area contributed by atoms with Crippen LogP contribution in [-0.4, -0.2) is 21.8 Å². The van der Waals surface area contributed by atoms with Crippen LogP contribution in [0.2, 0.25) is 0 Å². The Kier molecular flexibility index (Phi) is 3.84. The van der Waals surface area contributed by atoms with Crippen LogP contribution in [0.25, 0.3) is 0 Å². The second-order valence-corrected chi connectivity index (χ2v) is 5.37. The molecule has 17 heavy (non-hydrogen) atoms. The number of benzene rings is 1. The lowest BCUT2D eigenvalue weighted by Crippen LogP contribution is -2.23. The van der Waals surface area contributed by atoms with Crippen LogP contribution in [-0.2, 0) is 4.79 Å². The molecule has 0 aromatic heterocycles. The minimum atomic E-state index is 0.110. The van der Waals surface area contributed by atoms with Gasteiger partial charge in [-0.15, -0.1) is 0 Å². The van der Waals surface area contributed by atoms with E-state index in [4.69, 9.17) is 0 Å². The Balaban J connectivity index is 2.07. The highest BCUT2D eigenvalue weighted by atomic mass is 32.2. The van der Waals surface area contributed by atoms with Gasteiger partial charge in [-0.25, -0.2) is 5.01 Å². The van der Waals surface area contributed by atoms with E-state index in [0.29, 0.717) is 18.2 Å². The lowest BCUT2D eigenvalue weighted by Gasteiger charge is -2.11. The predicted molar refractivity (Wildman–Crippen MR) is 71.7 cm³/mol. The van der Waals surface area contributed by atoms with Gasteiger partial charge in [0, 0.05) is 12.0 Å². The molecule has 3 nitrogen and oxygen atoms in total. The van der Waals surface area contributed by atoms with Gasteiger partial charge in [-0.1, -0.05) is 55.9 Å². The third kappa shape index (κ3) is 3.09. The van der Waals surface area contributed by atoms with Crippen molar-refractivity contribution in [2.75, 3.05) is 5.88 Å². The lowest BCUT2D eigenvalue weighted by molar-refractivity contribution is -0.130. The van der Waals surface area contributed by atoms with Gasteiger partial charge < -0.3 is 0 Å². The summed E-state index contributed by atoms with van der Waals surface area (Å²) in [6, 6.07) is 9.98. The first-order valence-corrected chi connectivity index (χ1v) is 6.72. The Bertz CT molecular complexity index is 428. The first-order valence-electron chi connectivity index (χ1n) is 5.74. The Morgan fingerprint density at radius 1 is 1.41 bits per heavy atom. The highest BCUT2D eigenvalue weighted by Crippen LogP contribution is 2.23. The third-order valence-electron chi connectivity index (χ3n) is 2.43. The van der Waals surface area contributed by atoms with Crippen LogP contribution in [0.3, 0.4) is 0 Å². The molecule has 1 aliphatic rings. The van der Waals surface area contributed by atoms with Gasteiger partial charge in [-0.05, 0) is 5.92 Å². The number of rotatable bonds is 3. The first-order chi connectivity index (χ1) is 8.16. The minimum Gasteiger partial charge on any atom is -0.273 e. The van der Waals surface area contributed by atoms with Gasteiger partial charge in [-0.3, -0.25) is 4.79 Å². The summed E-state index contributed by atoms with van der Waals surface area (Å²) in [4.78, 5) is 11.8. The summed E-state index contributed by atoms with van der Waals surface area (Å²) in [5.74, 6) is 1.12. The molecule has 0 fully saturated rings. The largest absolute Gasteiger partial charge is 0.273 e. The smallest absolute Gasteiger partial charge is 0.243 e. The van der Waals surface area contributed by atoms with E-state index < -0.39 is 0 Å². The Hall–Kier alpha value is -1.29. The number of nitrogens with zero attached hydrogens (tertiary/aromatic N) is 2. The van der Waals surface area contributed by atoms with Crippen molar-refractivity contribution in [3.05, 3.63) is 35.9 Å². The molecule has 0 atom stereocenters. The van der Waals surface area contributed by atoms with Crippen LogP contribution in [0.4, 0.5) is 0 Å². The molecule has 0 N–H and O–H groups in total. The second-order valence-electron chi connectivity index (χ2n) is 4.44. The number of thioether (sulfide) groups is 1. The van der Waals surface area contributed by atoms with Gasteiger partial charge in [0.25, 0.3) is 0 Å². The number of hydrogen-bond donors (Lipinski definition) is 0. The molecule has 0 saturated heterocycles. The SMILES string of the molecule is CC(C)CC(=O)N1CSC(c2ccccc2)=N1. The van der Waals surface area contributed by atoms with E-state index >= 15 is 0 Å². The molecule has 1 heterocycles. The van der Waals surface area contributed by atoms with E-state index in [2.05, 4.69) is 5.10 Å². The number of carbonyl (C=O) groups excluding carboxylic acids is 1. The van der Waals surface area contributed by atoms with Crippen LogP contribution in [0, 0.1) is 5.92 Å². The van der Waals surface area contributed by atoms with Crippen LogP contribution >= 0.6 is 11.8 Å². The maximum atomic E-state index is 11.8. The summed E-state index contributed by atoms with van der Waals surface area (Å²) in [7, 11) is 0. The average Bonchev–Trinajstić information content (AvgIpc) is 2.78. The zero-order valence-corrected chi connectivity index (χ0v) is 10.9. The fourth-order valence-corrected chi connectivity index (χ4v) is 2.50. The van der Waals surface area contributed by atoms with Gasteiger partial charge in [0.1, 0.15) is 5.04 Å². The summed E-state index contributed by atoms with van der Waals surface area (Å²) in [5, 5.41) is 6.88. The average molecular weight is 248 g/mol. The van der Waals surface area contributed by atoms with E-state index in [-0.39, 0.29) is 5.91 Å². The molecular formula is C13H16N2OS. The Morgan fingerprint density at radius 2 is 2.12 bits per heavy atom. The van der Waals surface area contributed by atoms with Crippen LogP contribution in [0.5, 0.6) is 0 Å².